The van der Waals surface area contributed by atoms with Gasteiger partial charge in [0.15, 0.2) is 0 Å². The lowest BCUT2D eigenvalue weighted by atomic mass is 9.98. The molecule has 2 saturated heterocycles. The Balaban J connectivity index is 1.76. The van der Waals surface area contributed by atoms with Crippen molar-refractivity contribution in [2.75, 3.05) is 18.4 Å². The number of hydrogen-bond donors (Lipinski definition) is 2. The van der Waals surface area contributed by atoms with E-state index in [1.165, 1.54) is 38.8 Å². The number of fused-ring (bicyclic) bond motifs is 1. The van der Waals surface area contributed by atoms with Gasteiger partial charge in [-0.2, -0.15) is 0 Å². The van der Waals surface area contributed by atoms with Gasteiger partial charge in [0.25, 0.3) is 0 Å². The fourth-order valence-corrected chi connectivity index (χ4v) is 3.62. The van der Waals surface area contributed by atoms with Crippen molar-refractivity contribution < 1.29 is 0 Å². The second-order valence-corrected chi connectivity index (χ2v) is 5.99. The molecule has 2 atom stereocenters. The number of benzene rings is 1. The molecule has 3 nitrogen and oxygen atoms in total. The van der Waals surface area contributed by atoms with Crippen molar-refractivity contribution >= 4 is 22.9 Å². The van der Waals surface area contributed by atoms with Gasteiger partial charge in [0.05, 0.1) is 0 Å². The van der Waals surface area contributed by atoms with Gasteiger partial charge in [0.2, 0.25) is 0 Å². The molecule has 102 valence electrons. The SMILES string of the molecule is NC(=S)c1ccccc1NC1CCN2CCCCC12. The highest BCUT2D eigenvalue weighted by Crippen LogP contribution is 2.30. The van der Waals surface area contributed by atoms with Crippen molar-refractivity contribution in [2.45, 2.75) is 37.8 Å². The number of thiocarbonyl (C=S) groups is 1. The third-order valence-corrected chi connectivity index (χ3v) is 4.61. The van der Waals surface area contributed by atoms with E-state index in [4.69, 9.17) is 18.0 Å². The van der Waals surface area contributed by atoms with Gasteiger partial charge in [-0.25, -0.2) is 0 Å². The topological polar surface area (TPSA) is 41.3 Å². The van der Waals surface area contributed by atoms with Crippen LogP contribution in [0.1, 0.15) is 31.2 Å². The van der Waals surface area contributed by atoms with Gasteiger partial charge in [-0.05, 0) is 37.9 Å². The summed E-state index contributed by atoms with van der Waals surface area (Å²) in [6.45, 7) is 2.48. The Bertz CT molecular complexity index is 474. The van der Waals surface area contributed by atoms with Crippen molar-refractivity contribution in [2.24, 2.45) is 5.73 Å². The van der Waals surface area contributed by atoms with Gasteiger partial charge in [-0.15, -0.1) is 0 Å². The molecule has 0 radical (unpaired) electrons. The van der Waals surface area contributed by atoms with Crippen LogP contribution in [0.25, 0.3) is 0 Å². The number of anilines is 1. The molecule has 0 aliphatic carbocycles. The Hall–Kier alpha value is -1.13. The molecule has 19 heavy (non-hydrogen) atoms. The van der Waals surface area contributed by atoms with E-state index in [-0.39, 0.29) is 0 Å². The number of rotatable bonds is 3. The maximum atomic E-state index is 5.80. The Morgan fingerprint density at radius 1 is 1.21 bits per heavy atom. The maximum Gasteiger partial charge on any atom is 0.106 e. The number of nitrogens with one attached hydrogen (secondary N) is 1. The summed E-state index contributed by atoms with van der Waals surface area (Å²) >= 11 is 5.13. The Kier molecular flexibility index (Phi) is 3.71. The highest BCUT2D eigenvalue weighted by atomic mass is 32.1. The molecule has 3 rings (SSSR count). The van der Waals surface area contributed by atoms with Crippen LogP contribution >= 0.6 is 12.2 Å². The monoisotopic (exact) mass is 275 g/mol. The summed E-state index contributed by atoms with van der Waals surface area (Å²) < 4.78 is 0. The molecule has 0 saturated carbocycles. The minimum Gasteiger partial charge on any atom is -0.389 e. The summed E-state index contributed by atoms with van der Waals surface area (Å²) in [6, 6.07) is 9.33. The first kappa shape index (κ1) is 12.9. The molecule has 2 fully saturated rings. The van der Waals surface area contributed by atoms with Crippen LogP contribution in [0.2, 0.25) is 0 Å². The van der Waals surface area contributed by atoms with Crippen LogP contribution < -0.4 is 11.1 Å². The number of para-hydroxylation sites is 1. The molecular weight excluding hydrogens is 254 g/mol. The van der Waals surface area contributed by atoms with Crippen LogP contribution in [0, 0.1) is 0 Å². The Morgan fingerprint density at radius 2 is 2.05 bits per heavy atom. The molecule has 3 N–H and O–H groups in total. The van der Waals surface area contributed by atoms with Crippen LogP contribution in [0.4, 0.5) is 5.69 Å². The van der Waals surface area contributed by atoms with Gasteiger partial charge in [0, 0.05) is 29.9 Å². The fourth-order valence-electron chi connectivity index (χ4n) is 3.44. The molecule has 2 unspecified atom stereocenters. The molecular formula is C15H21N3S. The third-order valence-electron chi connectivity index (χ3n) is 4.39. The zero-order valence-corrected chi connectivity index (χ0v) is 12.0. The first-order valence-corrected chi connectivity index (χ1v) is 7.56. The van der Waals surface area contributed by atoms with E-state index in [2.05, 4.69) is 16.3 Å². The van der Waals surface area contributed by atoms with Crippen LogP contribution in [0.5, 0.6) is 0 Å². The van der Waals surface area contributed by atoms with Gasteiger partial charge in [0.1, 0.15) is 4.99 Å². The first-order valence-electron chi connectivity index (χ1n) is 7.15. The van der Waals surface area contributed by atoms with E-state index in [1.54, 1.807) is 0 Å². The number of nitrogens with zero attached hydrogens (tertiary/aromatic N) is 1. The normalized spacial score (nSPS) is 26.9. The predicted molar refractivity (Wildman–Crippen MR) is 83.6 cm³/mol. The van der Waals surface area contributed by atoms with Gasteiger partial charge in [-0.3, -0.25) is 4.90 Å². The quantitative estimate of drug-likeness (QED) is 0.831. The summed E-state index contributed by atoms with van der Waals surface area (Å²) in [7, 11) is 0. The minimum absolute atomic E-state index is 0.474. The summed E-state index contributed by atoms with van der Waals surface area (Å²) in [4.78, 5) is 3.10. The van der Waals surface area contributed by atoms with Crippen LogP contribution in [0.3, 0.4) is 0 Å². The standard InChI is InChI=1S/C15H21N3S/c16-15(19)11-5-1-2-6-12(11)17-13-8-10-18-9-4-3-7-14(13)18/h1-2,5-6,13-14,17H,3-4,7-10H2,(H2,16,19). The van der Waals surface area contributed by atoms with E-state index < -0.39 is 0 Å². The van der Waals surface area contributed by atoms with Crippen molar-refractivity contribution in [3.05, 3.63) is 29.8 Å². The molecule has 2 aliphatic heterocycles. The van der Waals surface area contributed by atoms with Crippen molar-refractivity contribution in [3.8, 4) is 0 Å². The molecule has 0 aromatic heterocycles. The number of nitrogens with two attached hydrogens (primary N) is 1. The van der Waals surface area contributed by atoms with Crippen LogP contribution in [0.15, 0.2) is 24.3 Å². The summed E-state index contributed by atoms with van der Waals surface area (Å²) in [5.41, 5.74) is 7.86. The Labute approximate surface area is 120 Å². The van der Waals surface area contributed by atoms with E-state index in [0.29, 0.717) is 17.1 Å². The van der Waals surface area contributed by atoms with E-state index >= 15 is 0 Å². The molecule has 0 bridgehead atoms. The second kappa shape index (κ2) is 5.47. The molecule has 2 heterocycles. The lowest BCUT2D eigenvalue weighted by molar-refractivity contribution is 0.193. The predicted octanol–water partition coefficient (Wildman–Crippen LogP) is 2.36. The lowest BCUT2D eigenvalue weighted by Crippen LogP contribution is -2.41. The molecule has 4 heteroatoms. The Morgan fingerprint density at radius 3 is 2.89 bits per heavy atom. The highest BCUT2D eigenvalue weighted by Gasteiger charge is 2.35. The van der Waals surface area contributed by atoms with Crippen LogP contribution in [-0.4, -0.2) is 35.1 Å². The lowest BCUT2D eigenvalue weighted by Gasteiger charge is -2.33. The van der Waals surface area contributed by atoms with Crippen molar-refractivity contribution in [1.82, 2.24) is 4.90 Å². The summed E-state index contributed by atoms with van der Waals surface area (Å²) in [5.74, 6) is 0. The fraction of sp³-hybridized carbons (Fsp3) is 0.533. The molecule has 0 amide bonds. The summed E-state index contributed by atoms with van der Waals surface area (Å²) in [6.07, 6.45) is 5.24. The highest BCUT2D eigenvalue weighted by molar-refractivity contribution is 7.80. The molecule has 1 aromatic rings. The first-order chi connectivity index (χ1) is 9.25. The molecule has 0 spiro atoms. The number of hydrogen-bond acceptors (Lipinski definition) is 3. The van der Waals surface area contributed by atoms with Gasteiger partial charge in [-0.1, -0.05) is 30.8 Å². The smallest absolute Gasteiger partial charge is 0.106 e. The van der Waals surface area contributed by atoms with Gasteiger partial charge < -0.3 is 11.1 Å². The zero-order chi connectivity index (χ0) is 13.2. The minimum atomic E-state index is 0.474. The van der Waals surface area contributed by atoms with E-state index in [0.717, 1.165) is 11.3 Å². The zero-order valence-electron chi connectivity index (χ0n) is 11.1. The summed E-state index contributed by atoms with van der Waals surface area (Å²) in [5, 5.41) is 3.68. The second-order valence-electron chi connectivity index (χ2n) is 5.55. The molecule has 1 aromatic carbocycles. The largest absolute Gasteiger partial charge is 0.389 e. The third kappa shape index (κ3) is 2.60. The average Bonchev–Trinajstić information content (AvgIpc) is 2.83. The van der Waals surface area contributed by atoms with Crippen LogP contribution in [-0.2, 0) is 0 Å². The maximum absolute atomic E-state index is 5.80. The van der Waals surface area contributed by atoms with E-state index in [1.807, 2.05) is 18.2 Å². The van der Waals surface area contributed by atoms with Gasteiger partial charge >= 0.3 is 0 Å². The van der Waals surface area contributed by atoms with E-state index in [9.17, 15) is 0 Å². The van der Waals surface area contributed by atoms with Crippen molar-refractivity contribution in [1.29, 1.82) is 0 Å². The molecule has 2 aliphatic rings. The average molecular weight is 275 g/mol. The number of piperidine rings is 1. The van der Waals surface area contributed by atoms with Crippen molar-refractivity contribution in [3.63, 3.8) is 0 Å².